The Hall–Kier alpha value is -1.17. The number of nitrogens with two attached hydrogens (primary N) is 1. The molecule has 0 atom stereocenters. The normalized spacial score (nSPS) is 16.8. The average molecular weight is 255 g/mol. The Kier molecular flexibility index (Phi) is 3.33. The lowest BCUT2D eigenvalue weighted by atomic mass is 10.4. The summed E-state index contributed by atoms with van der Waals surface area (Å²) in [5.41, 5.74) is 6.14. The first-order chi connectivity index (χ1) is 8.12. The molecule has 1 fully saturated rings. The minimum atomic E-state index is -0.447. The zero-order chi connectivity index (χ0) is 12.5. The highest BCUT2D eigenvalue weighted by Gasteiger charge is 2.42. The van der Waals surface area contributed by atoms with Crippen molar-refractivity contribution in [2.75, 3.05) is 18.6 Å². The number of esters is 1. The molecule has 0 aliphatic heterocycles. The summed E-state index contributed by atoms with van der Waals surface area (Å²) in [7, 11) is 0. The maximum Gasteiger partial charge on any atom is 0.360 e. The van der Waals surface area contributed by atoms with Crippen LogP contribution in [0.15, 0.2) is 6.33 Å². The maximum atomic E-state index is 11.5. The number of nitrogen functional groups attached to an aromatic ring is 1. The molecule has 1 aliphatic rings. The van der Waals surface area contributed by atoms with Gasteiger partial charge in [0.05, 0.1) is 12.9 Å². The summed E-state index contributed by atoms with van der Waals surface area (Å²) in [6, 6.07) is 0. The molecule has 1 aromatic heterocycles. The van der Waals surface area contributed by atoms with Crippen molar-refractivity contribution in [3.8, 4) is 0 Å². The molecule has 0 amide bonds. The quantitative estimate of drug-likeness (QED) is 0.808. The molecule has 1 saturated carbocycles. The number of carbonyl (C=O) groups excluding carboxylic acids is 1. The lowest BCUT2D eigenvalue weighted by Gasteiger charge is -2.13. The molecule has 2 N–H and O–H groups in total. The van der Waals surface area contributed by atoms with Crippen molar-refractivity contribution in [3.63, 3.8) is 0 Å². The van der Waals surface area contributed by atoms with Gasteiger partial charge >= 0.3 is 5.97 Å². The van der Waals surface area contributed by atoms with Gasteiger partial charge in [0, 0.05) is 11.3 Å². The highest BCUT2D eigenvalue weighted by molar-refractivity contribution is 8.00. The van der Waals surface area contributed by atoms with Crippen molar-refractivity contribution in [1.82, 2.24) is 9.55 Å². The Labute approximate surface area is 105 Å². The average Bonchev–Trinajstić information content (AvgIpc) is 3.00. The molecule has 0 radical (unpaired) electrons. The first-order valence-corrected chi connectivity index (χ1v) is 6.87. The Balaban J connectivity index is 2.12. The number of imidazole rings is 1. The first-order valence-electron chi connectivity index (χ1n) is 5.65. The van der Waals surface area contributed by atoms with Gasteiger partial charge in [-0.05, 0) is 26.0 Å². The Morgan fingerprint density at radius 1 is 1.71 bits per heavy atom. The van der Waals surface area contributed by atoms with Crippen molar-refractivity contribution in [3.05, 3.63) is 12.0 Å². The molecule has 1 aromatic rings. The standard InChI is InChI=1S/C11H17N3O2S/c1-3-16-10(15)8-9(12)14(7-13-8)6-11(17-2)4-5-11/h7H,3-6,12H2,1-2H3. The highest BCUT2D eigenvalue weighted by Crippen LogP contribution is 2.48. The van der Waals surface area contributed by atoms with Crippen LogP contribution >= 0.6 is 11.8 Å². The molecule has 1 heterocycles. The van der Waals surface area contributed by atoms with Gasteiger partial charge in [-0.25, -0.2) is 9.78 Å². The van der Waals surface area contributed by atoms with E-state index in [9.17, 15) is 4.79 Å². The predicted octanol–water partition coefficient (Wildman–Crippen LogP) is 1.54. The van der Waals surface area contributed by atoms with Gasteiger partial charge in [-0.15, -0.1) is 0 Å². The number of carbonyl (C=O) groups is 1. The molecule has 94 valence electrons. The molecule has 0 saturated heterocycles. The van der Waals surface area contributed by atoms with Crippen LogP contribution in [0, 0.1) is 0 Å². The fourth-order valence-electron chi connectivity index (χ4n) is 1.75. The Morgan fingerprint density at radius 2 is 2.41 bits per heavy atom. The smallest absolute Gasteiger partial charge is 0.360 e. The van der Waals surface area contributed by atoms with Crippen LogP contribution in [-0.2, 0) is 11.3 Å². The summed E-state index contributed by atoms with van der Waals surface area (Å²) in [6.07, 6.45) is 6.12. The number of aromatic nitrogens is 2. The SMILES string of the molecule is CCOC(=O)c1ncn(CC2(SC)CC2)c1N. The third kappa shape index (κ3) is 2.41. The minimum absolute atomic E-state index is 0.226. The third-order valence-electron chi connectivity index (χ3n) is 3.05. The van der Waals surface area contributed by atoms with Gasteiger partial charge in [0.15, 0.2) is 5.69 Å². The number of hydrogen-bond acceptors (Lipinski definition) is 5. The molecule has 2 rings (SSSR count). The number of hydrogen-bond donors (Lipinski definition) is 1. The number of rotatable bonds is 5. The van der Waals surface area contributed by atoms with Gasteiger partial charge in [0.2, 0.25) is 0 Å². The number of nitrogens with zero attached hydrogens (tertiary/aromatic N) is 2. The second-order valence-electron chi connectivity index (χ2n) is 4.21. The molecule has 1 aliphatic carbocycles. The van der Waals surface area contributed by atoms with E-state index in [2.05, 4.69) is 11.2 Å². The molecule has 6 heteroatoms. The Morgan fingerprint density at radius 3 is 2.94 bits per heavy atom. The minimum Gasteiger partial charge on any atom is -0.461 e. The summed E-state index contributed by atoms with van der Waals surface area (Å²) in [5, 5.41) is 0. The van der Waals surface area contributed by atoms with Crippen LogP contribution < -0.4 is 5.73 Å². The largest absolute Gasteiger partial charge is 0.461 e. The van der Waals surface area contributed by atoms with Crippen LogP contribution in [0.1, 0.15) is 30.3 Å². The highest BCUT2D eigenvalue weighted by atomic mass is 32.2. The van der Waals surface area contributed by atoms with Gasteiger partial charge in [0.25, 0.3) is 0 Å². The van der Waals surface area contributed by atoms with Crippen molar-refractivity contribution in [1.29, 1.82) is 0 Å². The zero-order valence-corrected chi connectivity index (χ0v) is 10.9. The van der Waals surface area contributed by atoms with E-state index >= 15 is 0 Å². The second kappa shape index (κ2) is 4.60. The first kappa shape index (κ1) is 12.3. The van der Waals surface area contributed by atoms with E-state index < -0.39 is 5.97 Å². The van der Waals surface area contributed by atoms with E-state index in [0.717, 1.165) is 6.54 Å². The fourth-order valence-corrected chi connectivity index (χ4v) is 2.53. The lowest BCUT2D eigenvalue weighted by molar-refractivity contribution is 0.0521. The predicted molar refractivity (Wildman–Crippen MR) is 68.1 cm³/mol. The fraction of sp³-hybridized carbons (Fsp3) is 0.636. The number of thioether (sulfide) groups is 1. The summed E-state index contributed by atoms with van der Waals surface area (Å²) in [4.78, 5) is 15.6. The maximum absolute atomic E-state index is 11.5. The molecule has 0 aromatic carbocycles. The van der Waals surface area contributed by atoms with E-state index in [1.807, 2.05) is 16.3 Å². The number of ether oxygens (including phenoxy) is 1. The van der Waals surface area contributed by atoms with Gasteiger partial charge in [-0.2, -0.15) is 11.8 Å². The van der Waals surface area contributed by atoms with Crippen LogP contribution in [0.25, 0.3) is 0 Å². The van der Waals surface area contributed by atoms with Crippen LogP contribution in [0.5, 0.6) is 0 Å². The van der Waals surface area contributed by atoms with Gasteiger partial charge < -0.3 is 15.0 Å². The van der Waals surface area contributed by atoms with E-state index in [0.29, 0.717) is 17.2 Å². The van der Waals surface area contributed by atoms with Crippen molar-refractivity contribution >= 4 is 23.5 Å². The molecule has 17 heavy (non-hydrogen) atoms. The van der Waals surface area contributed by atoms with Crippen LogP contribution in [-0.4, -0.2) is 33.1 Å². The monoisotopic (exact) mass is 255 g/mol. The molecule has 5 nitrogen and oxygen atoms in total. The summed E-state index contributed by atoms with van der Waals surface area (Å²) in [5.74, 6) is -0.0403. The van der Waals surface area contributed by atoms with Gasteiger partial charge in [-0.3, -0.25) is 0 Å². The Bertz CT molecular complexity index is 426. The van der Waals surface area contributed by atoms with Gasteiger partial charge in [0.1, 0.15) is 5.82 Å². The lowest BCUT2D eigenvalue weighted by Crippen LogP contribution is -2.16. The van der Waals surface area contributed by atoms with Crippen molar-refractivity contribution in [2.45, 2.75) is 31.1 Å². The molecule has 0 spiro atoms. The summed E-state index contributed by atoms with van der Waals surface area (Å²) in [6.45, 7) is 2.91. The van der Waals surface area contributed by atoms with Crippen molar-refractivity contribution in [2.24, 2.45) is 0 Å². The van der Waals surface area contributed by atoms with Crippen molar-refractivity contribution < 1.29 is 9.53 Å². The van der Waals surface area contributed by atoms with Crippen LogP contribution in [0.3, 0.4) is 0 Å². The van der Waals surface area contributed by atoms with Crippen LogP contribution in [0.4, 0.5) is 5.82 Å². The zero-order valence-electron chi connectivity index (χ0n) is 10.1. The van der Waals surface area contributed by atoms with Crippen LogP contribution in [0.2, 0.25) is 0 Å². The molecule has 0 bridgehead atoms. The topological polar surface area (TPSA) is 70.1 Å². The van der Waals surface area contributed by atoms with E-state index in [1.54, 1.807) is 13.3 Å². The summed E-state index contributed by atoms with van der Waals surface area (Å²) < 4.78 is 7.03. The van der Waals surface area contributed by atoms with Gasteiger partial charge in [-0.1, -0.05) is 0 Å². The molecule has 0 unspecified atom stereocenters. The van der Waals surface area contributed by atoms with E-state index in [-0.39, 0.29) is 5.69 Å². The number of anilines is 1. The van der Waals surface area contributed by atoms with E-state index in [1.165, 1.54) is 12.8 Å². The van der Waals surface area contributed by atoms with E-state index in [4.69, 9.17) is 10.5 Å². The summed E-state index contributed by atoms with van der Waals surface area (Å²) >= 11 is 1.85. The molecular formula is C11H17N3O2S. The third-order valence-corrected chi connectivity index (χ3v) is 4.45. The second-order valence-corrected chi connectivity index (χ2v) is 5.49. The molecular weight excluding hydrogens is 238 g/mol.